The van der Waals surface area contributed by atoms with E-state index in [0.717, 1.165) is 44.2 Å². The lowest BCUT2D eigenvalue weighted by molar-refractivity contribution is 0.270. The lowest BCUT2D eigenvalue weighted by atomic mass is 10.2. The molecule has 0 aliphatic carbocycles. The fraction of sp³-hybridized carbons (Fsp3) is 0.444. The summed E-state index contributed by atoms with van der Waals surface area (Å²) in [6, 6.07) is 5.46. The molecule has 1 N–H and O–H groups in total. The molecule has 3 rings (SSSR count). The number of anilines is 3. The molecule has 1 aliphatic heterocycles. The Morgan fingerprint density at radius 1 is 1.04 bits per heavy atom. The van der Waals surface area contributed by atoms with Gasteiger partial charge in [-0.1, -0.05) is 18.5 Å². The third kappa shape index (κ3) is 4.11. The van der Waals surface area contributed by atoms with E-state index in [2.05, 4.69) is 32.0 Å². The van der Waals surface area contributed by atoms with E-state index in [9.17, 15) is 0 Å². The van der Waals surface area contributed by atoms with Crippen molar-refractivity contribution in [2.24, 2.45) is 0 Å². The summed E-state index contributed by atoms with van der Waals surface area (Å²) in [6.07, 6.45) is 1.57. The summed E-state index contributed by atoms with van der Waals surface area (Å²) in [4.78, 5) is 13.5. The normalized spacial score (nSPS) is 15.0. The van der Waals surface area contributed by atoms with Crippen LogP contribution in [0.3, 0.4) is 0 Å². The van der Waals surface area contributed by atoms with E-state index in [1.54, 1.807) is 32.7 Å². The van der Waals surface area contributed by atoms with Crippen LogP contribution < -0.4 is 19.7 Å². The van der Waals surface area contributed by atoms with E-state index in [0.29, 0.717) is 22.3 Å². The Balaban J connectivity index is 1.79. The van der Waals surface area contributed by atoms with Gasteiger partial charge in [-0.05, 0) is 6.54 Å². The van der Waals surface area contributed by atoms with Gasteiger partial charge in [0.05, 0.1) is 24.9 Å². The average molecular weight is 378 g/mol. The van der Waals surface area contributed by atoms with Gasteiger partial charge in [-0.3, -0.25) is 0 Å². The Kier molecular flexibility index (Phi) is 6.00. The van der Waals surface area contributed by atoms with Crippen molar-refractivity contribution in [2.45, 2.75) is 6.92 Å². The number of ether oxygens (including phenoxy) is 2. The number of nitrogens with zero attached hydrogens (tertiary/aromatic N) is 4. The number of hydrogen-bond donors (Lipinski definition) is 1. The summed E-state index contributed by atoms with van der Waals surface area (Å²) < 4.78 is 10.7. The first-order valence-corrected chi connectivity index (χ1v) is 9.00. The second kappa shape index (κ2) is 8.42. The van der Waals surface area contributed by atoms with Gasteiger partial charge in [0.25, 0.3) is 0 Å². The molecule has 0 amide bonds. The van der Waals surface area contributed by atoms with Crippen LogP contribution in [-0.4, -0.2) is 61.8 Å². The Morgan fingerprint density at radius 2 is 1.77 bits per heavy atom. The molecule has 0 spiro atoms. The van der Waals surface area contributed by atoms with E-state index in [1.165, 1.54) is 0 Å². The quantitative estimate of drug-likeness (QED) is 0.830. The van der Waals surface area contributed by atoms with Gasteiger partial charge in [0.2, 0.25) is 0 Å². The van der Waals surface area contributed by atoms with Crippen molar-refractivity contribution in [3.8, 4) is 11.5 Å². The van der Waals surface area contributed by atoms with Gasteiger partial charge < -0.3 is 24.6 Å². The van der Waals surface area contributed by atoms with E-state index >= 15 is 0 Å². The fourth-order valence-electron chi connectivity index (χ4n) is 2.98. The second-order valence-electron chi connectivity index (χ2n) is 5.99. The van der Waals surface area contributed by atoms with Gasteiger partial charge in [0.15, 0.2) is 0 Å². The number of rotatable bonds is 6. The summed E-state index contributed by atoms with van der Waals surface area (Å²) in [6.45, 7) is 7.29. The number of halogens is 1. The number of benzene rings is 1. The molecule has 140 valence electrons. The molecule has 1 saturated heterocycles. The maximum atomic E-state index is 6.16. The van der Waals surface area contributed by atoms with E-state index in [1.807, 2.05) is 6.07 Å². The molecule has 0 bridgehead atoms. The number of nitrogens with one attached hydrogen (secondary N) is 1. The number of hydrogen-bond acceptors (Lipinski definition) is 7. The van der Waals surface area contributed by atoms with Crippen LogP contribution in [0.4, 0.5) is 17.3 Å². The van der Waals surface area contributed by atoms with Crippen LogP contribution in [0.15, 0.2) is 24.5 Å². The smallest absolute Gasteiger partial charge is 0.144 e. The van der Waals surface area contributed by atoms with Gasteiger partial charge >= 0.3 is 0 Å². The lowest BCUT2D eigenvalue weighted by Crippen LogP contribution is -2.46. The maximum Gasteiger partial charge on any atom is 0.144 e. The Hall–Kier alpha value is -2.25. The number of piperazine rings is 1. The highest BCUT2D eigenvalue weighted by molar-refractivity contribution is 6.32. The molecule has 8 heteroatoms. The molecule has 0 unspecified atom stereocenters. The molecular weight excluding hydrogens is 354 g/mol. The van der Waals surface area contributed by atoms with Crippen LogP contribution in [0.1, 0.15) is 6.92 Å². The predicted molar refractivity (Wildman–Crippen MR) is 104 cm³/mol. The van der Waals surface area contributed by atoms with Crippen molar-refractivity contribution in [2.75, 3.05) is 57.2 Å². The van der Waals surface area contributed by atoms with Gasteiger partial charge in [0.1, 0.15) is 29.5 Å². The van der Waals surface area contributed by atoms with Crippen molar-refractivity contribution in [3.63, 3.8) is 0 Å². The highest BCUT2D eigenvalue weighted by Crippen LogP contribution is 2.37. The molecule has 0 radical (unpaired) electrons. The predicted octanol–water partition coefficient (Wildman–Crippen LogP) is 3.03. The van der Waals surface area contributed by atoms with Crippen LogP contribution in [0, 0.1) is 0 Å². The highest BCUT2D eigenvalue weighted by atomic mass is 35.5. The van der Waals surface area contributed by atoms with E-state index < -0.39 is 0 Å². The van der Waals surface area contributed by atoms with Gasteiger partial charge in [-0.2, -0.15) is 0 Å². The maximum absolute atomic E-state index is 6.16. The molecule has 1 aromatic heterocycles. The zero-order valence-corrected chi connectivity index (χ0v) is 16.1. The summed E-state index contributed by atoms with van der Waals surface area (Å²) in [7, 11) is 3.18. The Labute approximate surface area is 158 Å². The first kappa shape index (κ1) is 18.5. The van der Waals surface area contributed by atoms with Crippen molar-refractivity contribution in [1.82, 2.24) is 14.9 Å². The van der Waals surface area contributed by atoms with Gasteiger partial charge in [-0.25, -0.2) is 9.97 Å². The minimum atomic E-state index is 0.493. The molecule has 1 aromatic carbocycles. The summed E-state index contributed by atoms with van der Waals surface area (Å²) >= 11 is 6.16. The number of likely N-dealkylation sites (N-methyl/N-ethyl adjacent to an activating group) is 1. The van der Waals surface area contributed by atoms with Crippen LogP contribution in [0.5, 0.6) is 11.5 Å². The summed E-state index contributed by atoms with van der Waals surface area (Å²) in [5, 5.41) is 3.77. The Morgan fingerprint density at radius 3 is 2.42 bits per heavy atom. The zero-order valence-electron chi connectivity index (χ0n) is 15.3. The van der Waals surface area contributed by atoms with Crippen molar-refractivity contribution >= 4 is 28.9 Å². The molecule has 26 heavy (non-hydrogen) atoms. The molecule has 1 fully saturated rings. The summed E-state index contributed by atoms with van der Waals surface area (Å²) in [5.74, 6) is 2.79. The monoisotopic (exact) mass is 377 g/mol. The molecule has 2 heterocycles. The fourth-order valence-corrected chi connectivity index (χ4v) is 3.21. The zero-order chi connectivity index (χ0) is 18.5. The first-order valence-electron chi connectivity index (χ1n) is 8.62. The minimum Gasteiger partial charge on any atom is -0.495 e. The van der Waals surface area contributed by atoms with Crippen LogP contribution in [0.2, 0.25) is 5.02 Å². The van der Waals surface area contributed by atoms with Crippen molar-refractivity contribution < 1.29 is 9.47 Å². The van der Waals surface area contributed by atoms with Gasteiger partial charge in [-0.15, -0.1) is 0 Å². The molecule has 1 aliphatic rings. The number of methoxy groups -OCH3 is 2. The largest absolute Gasteiger partial charge is 0.495 e. The molecule has 0 atom stereocenters. The summed E-state index contributed by atoms with van der Waals surface area (Å²) in [5.41, 5.74) is 0.731. The highest BCUT2D eigenvalue weighted by Gasteiger charge is 2.17. The SMILES string of the molecule is CCN1CCN(c2cc(Nc3cc(OC)c(Cl)cc3OC)ncn2)CC1. The van der Waals surface area contributed by atoms with E-state index in [4.69, 9.17) is 21.1 Å². The minimum absolute atomic E-state index is 0.493. The second-order valence-corrected chi connectivity index (χ2v) is 6.40. The topological polar surface area (TPSA) is 62.8 Å². The van der Waals surface area contributed by atoms with Crippen molar-refractivity contribution in [3.05, 3.63) is 29.5 Å². The molecule has 0 saturated carbocycles. The van der Waals surface area contributed by atoms with Crippen LogP contribution in [-0.2, 0) is 0 Å². The average Bonchev–Trinajstić information content (AvgIpc) is 2.69. The molecule has 2 aromatic rings. The molecule has 7 nitrogen and oxygen atoms in total. The Bertz CT molecular complexity index is 750. The third-order valence-corrected chi connectivity index (χ3v) is 4.83. The van der Waals surface area contributed by atoms with Gasteiger partial charge in [0, 0.05) is 44.4 Å². The lowest BCUT2D eigenvalue weighted by Gasteiger charge is -2.34. The number of aromatic nitrogens is 2. The first-order chi connectivity index (χ1) is 12.6. The molecular formula is C18H24ClN5O2. The van der Waals surface area contributed by atoms with Crippen LogP contribution >= 0.6 is 11.6 Å². The third-order valence-electron chi connectivity index (χ3n) is 4.53. The standard InChI is InChI=1S/C18H24ClN5O2/c1-4-23-5-7-24(8-6-23)18-11-17(20-12-21-18)22-14-10-15(25-2)13(19)9-16(14)26-3/h9-12H,4-8H2,1-3H3,(H,20,21,22). The van der Waals surface area contributed by atoms with Crippen LogP contribution in [0.25, 0.3) is 0 Å². The van der Waals surface area contributed by atoms with E-state index in [-0.39, 0.29) is 0 Å². The van der Waals surface area contributed by atoms with Crippen molar-refractivity contribution in [1.29, 1.82) is 0 Å².